The number of aliphatic hydroxyl groups is 1. The molecule has 0 bridgehead atoms. The highest BCUT2D eigenvalue weighted by atomic mass is 16.2. The predicted molar refractivity (Wildman–Crippen MR) is 57.3 cm³/mol. The molecule has 0 aliphatic rings. The summed E-state index contributed by atoms with van der Waals surface area (Å²) in [6.45, 7) is 4.31. The maximum atomic E-state index is 8.53. The van der Waals surface area contributed by atoms with Crippen LogP contribution in [-0.4, -0.2) is 11.7 Å². The first-order chi connectivity index (χ1) is 6.35. The lowest BCUT2D eigenvalue weighted by Gasteiger charge is -1.87. The molecule has 1 nitrogen and oxygen atoms in total. The molecule has 0 atom stereocenters. The first kappa shape index (κ1) is 12.0. The van der Waals surface area contributed by atoms with Crippen LogP contribution < -0.4 is 0 Å². The SMILES string of the molecule is C/C=C(C#CCCCO)\C=C/CC. The molecule has 0 aromatic carbocycles. The van der Waals surface area contributed by atoms with E-state index in [1.807, 2.05) is 19.1 Å². The van der Waals surface area contributed by atoms with Gasteiger partial charge in [-0.3, -0.25) is 0 Å². The number of unbranched alkanes of at least 4 members (excludes halogenated alkanes) is 1. The molecule has 0 aromatic heterocycles. The van der Waals surface area contributed by atoms with Crippen molar-refractivity contribution in [1.82, 2.24) is 0 Å². The molecule has 72 valence electrons. The topological polar surface area (TPSA) is 20.2 Å². The summed E-state index contributed by atoms with van der Waals surface area (Å²) in [6, 6.07) is 0. The van der Waals surface area contributed by atoms with Crippen LogP contribution in [-0.2, 0) is 0 Å². The van der Waals surface area contributed by atoms with Crippen molar-refractivity contribution in [3.8, 4) is 11.8 Å². The van der Waals surface area contributed by atoms with Gasteiger partial charge < -0.3 is 5.11 Å². The van der Waals surface area contributed by atoms with E-state index >= 15 is 0 Å². The molecule has 0 fully saturated rings. The smallest absolute Gasteiger partial charge is 0.0440 e. The lowest BCUT2D eigenvalue weighted by molar-refractivity contribution is 0.290. The molecule has 1 N–H and O–H groups in total. The third kappa shape index (κ3) is 7.36. The Balaban J connectivity index is 3.95. The molecule has 0 radical (unpaired) electrons. The Morgan fingerprint density at radius 3 is 2.77 bits per heavy atom. The van der Waals surface area contributed by atoms with Gasteiger partial charge in [-0.15, -0.1) is 0 Å². The van der Waals surface area contributed by atoms with Crippen LogP contribution in [0.1, 0.15) is 33.1 Å². The van der Waals surface area contributed by atoms with Gasteiger partial charge in [-0.25, -0.2) is 0 Å². The van der Waals surface area contributed by atoms with E-state index in [2.05, 4.69) is 24.8 Å². The van der Waals surface area contributed by atoms with Gasteiger partial charge in [0.05, 0.1) is 0 Å². The fourth-order valence-corrected chi connectivity index (χ4v) is 0.787. The number of hydrogen-bond acceptors (Lipinski definition) is 1. The van der Waals surface area contributed by atoms with Crippen molar-refractivity contribution in [2.45, 2.75) is 33.1 Å². The van der Waals surface area contributed by atoms with Crippen molar-refractivity contribution >= 4 is 0 Å². The summed E-state index contributed by atoms with van der Waals surface area (Å²) in [7, 11) is 0. The van der Waals surface area contributed by atoms with E-state index in [1.54, 1.807) is 0 Å². The lowest BCUT2D eigenvalue weighted by atomic mass is 10.2. The second-order valence-electron chi connectivity index (χ2n) is 2.68. The third-order valence-electron chi connectivity index (χ3n) is 1.54. The molecule has 1 heteroatoms. The predicted octanol–water partition coefficient (Wildman–Crippen LogP) is 2.67. The average molecular weight is 178 g/mol. The van der Waals surface area contributed by atoms with Crippen LogP contribution in [0.15, 0.2) is 23.8 Å². The zero-order chi connectivity index (χ0) is 9.94. The molecular weight excluding hydrogens is 160 g/mol. The van der Waals surface area contributed by atoms with Crippen molar-refractivity contribution in [2.24, 2.45) is 0 Å². The van der Waals surface area contributed by atoms with Crippen LogP contribution in [0, 0.1) is 11.8 Å². The van der Waals surface area contributed by atoms with E-state index in [9.17, 15) is 0 Å². The third-order valence-corrected chi connectivity index (χ3v) is 1.54. The normalized spacial score (nSPS) is 11.5. The highest BCUT2D eigenvalue weighted by molar-refractivity contribution is 5.37. The van der Waals surface area contributed by atoms with Crippen molar-refractivity contribution in [3.05, 3.63) is 23.8 Å². The van der Waals surface area contributed by atoms with Crippen molar-refractivity contribution in [2.75, 3.05) is 6.61 Å². The van der Waals surface area contributed by atoms with E-state index in [-0.39, 0.29) is 6.61 Å². The van der Waals surface area contributed by atoms with Crippen LogP contribution in [0.2, 0.25) is 0 Å². The van der Waals surface area contributed by atoms with Crippen LogP contribution in [0.3, 0.4) is 0 Å². The first-order valence-electron chi connectivity index (χ1n) is 4.77. The van der Waals surface area contributed by atoms with E-state index in [1.165, 1.54) is 0 Å². The molecule has 0 aliphatic carbocycles. The van der Waals surface area contributed by atoms with Crippen LogP contribution in [0.5, 0.6) is 0 Å². The Kier molecular flexibility index (Phi) is 8.39. The Labute approximate surface area is 81.2 Å². The minimum atomic E-state index is 0.227. The van der Waals surface area contributed by atoms with Gasteiger partial charge in [-0.2, -0.15) is 0 Å². The summed E-state index contributed by atoms with van der Waals surface area (Å²) in [4.78, 5) is 0. The fourth-order valence-electron chi connectivity index (χ4n) is 0.787. The lowest BCUT2D eigenvalue weighted by Crippen LogP contribution is -1.79. The Hall–Kier alpha value is -1.00. The van der Waals surface area contributed by atoms with Crippen molar-refractivity contribution in [3.63, 3.8) is 0 Å². The van der Waals surface area contributed by atoms with Gasteiger partial charge >= 0.3 is 0 Å². The van der Waals surface area contributed by atoms with Gasteiger partial charge in [0.1, 0.15) is 0 Å². The van der Waals surface area contributed by atoms with Gasteiger partial charge in [-0.1, -0.05) is 37.0 Å². The van der Waals surface area contributed by atoms with Gasteiger partial charge in [0.2, 0.25) is 0 Å². The molecule has 0 unspecified atom stereocenters. The molecule has 13 heavy (non-hydrogen) atoms. The van der Waals surface area contributed by atoms with E-state index < -0.39 is 0 Å². The molecule has 0 amide bonds. The molecule has 0 saturated heterocycles. The summed E-state index contributed by atoms with van der Waals surface area (Å²) < 4.78 is 0. The van der Waals surface area contributed by atoms with Crippen LogP contribution in [0.4, 0.5) is 0 Å². The van der Waals surface area contributed by atoms with Crippen molar-refractivity contribution in [1.29, 1.82) is 0 Å². The Morgan fingerprint density at radius 2 is 2.23 bits per heavy atom. The minimum absolute atomic E-state index is 0.227. The van der Waals surface area contributed by atoms with Gasteiger partial charge in [0, 0.05) is 18.6 Å². The Morgan fingerprint density at radius 1 is 1.46 bits per heavy atom. The second-order valence-corrected chi connectivity index (χ2v) is 2.68. The maximum absolute atomic E-state index is 8.53. The monoisotopic (exact) mass is 178 g/mol. The summed E-state index contributed by atoms with van der Waals surface area (Å²) >= 11 is 0. The highest BCUT2D eigenvalue weighted by Gasteiger charge is 1.81. The number of hydrogen-bond donors (Lipinski definition) is 1. The number of aliphatic hydroxyl groups excluding tert-OH is 1. The number of rotatable bonds is 4. The largest absolute Gasteiger partial charge is 0.396 e. The summed E-state index contributed by atoms with van der Waals surface area (Å²) in [5, 5.41) is 8.53. The highest BCUT2D eigenvalue weighted by Crippen LogP contribution is 1.96. The molecule has 0 spiro atoms. The standard InChI is InChI=1S/C12H18O/c1-3-5-9-12(4-2)10-7-6-8-11-13/h4-5,9,13H,3,6,8,11H2,1-2H3/b9-5-,12-4+. The fraction of sp³-hybridized carbons (Fsp3) is 0.500. The Bertz CT molecular complexity index is 225. The summed E-state index contributed by atoms with van der Waals surface area (Å²) in [6.07, 6.45) is 8.70. The van der Waals surface area contributed by atoms with Crippen molar-refractivity contribution < 1.29 is 5.11 Å². The molecular formula is C12H18O. The van der Waals surface area contributed by atoms with E-state index in [0.717, 1.165) is 24.8 Å². The van der Waals surface area contributed by atoms with E-state index in [4.69, 9.17) is 5.11 Å². The first-order valence-corrected chi connectivity index (χ1v) is 4.77. The molecule has 0 aromatic rings. The van der Waals surface area contributed by atoms with Crippen LogP contribution in [0.25, 0.3) is 0 Å². The maximum Gasteiger partial charge on any atom is 0.0440 e. The summed E-state index contributed by atoms with van der Waals surface area (Å²) in [5.74, 6) is 6.07. The minimum Gasteiger partial charge on any atom is -0.396 e. The average Bonchev–Trinajstić information content (AvgIpc) is 2.17. The van der Waals surface area contributed by atoms with Gasteiger partial charge in [0.15, 0.2) is 0 Å². The van der Waals surface area contributed by atoms with Gasteiger partial charge in [-0.05, 0) is 19.8 Å². The van der Waals surface area contributed by atoms with E-state index in [0.29, 0.717) is 0 Å². The zero-order valence-corrected chi connectivity index (χ0v) is 8.51. The zero-order valence-electron chi connectivity index (χ0n) is 8.51. The second kappa shape index (κ2) is 9.09. The van der Waals surface area contributed by atoms with Crippen LogP contribution >= 0.6 is 0 Å². The van der Waals surface area contributed by atoms with Gasteiger partial charge in [0.25, 0.3) is 0 Å². The molecule has 0 saturated carbocycles. The molecule has 0 aliphatic heterocycles. The number of allylic oxidation sites excluding steroid dienone is 4. The molecule has 0 heterocycles. The quantitative estimate of drug-likeness (QED) is 0.398. The summed E-state index contributed by atoms with van der Waals surface area (Å²) in [5.41, 5.74) is 1.06. The molecule has 0 rings (SSSR count).